The number of carbonyl (C=O) groups excluding carboxylic acids is 2. The van der Waals surface area contributed by atoms with Crippen molar-refractivity contribution in [3.63, 3.8) is 0 Å². The number of imide groups is 1. The van der Waals surface area contributed by atoms with Crippen LogP contribution in [0, 0.1) is 5.92 Å². The number of amides is 2. The van der Waals surface area contributed by atoms with Gasteiger partial charge in [0, 0.05) is 6.54 Å². The summed E-state index contributed by atoms with van der Waals surface area (Å²) in [6, 6.07) is 0. The quantitative estimate of drug-likeness (QED) is 0.446. The van der Waals surface area contributed by atoms with Crippen molar-refractivity contribution < 1.29 is 9.59 Å². The average molecular weight is 220 g/mol. The van der Waals surface area contributed by atoms with Gasteiger partial charge in [0.1, 0.15) is 0 Å². The minimum absolute atomic E-state index is 0.0990. The van der Waals surface area contributed by atoms with Crippen molar-refractivity contribution in [2.24, 2.45) is 5.92 Å². The van der Waals surface area contributed by atoms with Gasteiger partial charge in [-0.05, 0) is 18.8 Å². The maximum Gasteiger partial charge on any atom is 0.253 e. The lowest BCUT2D eigenvalue weighted by atomic mass is 9.63. The molecule has 13 heavy (non-hydrogen) atoms. The van der Waals surface area contributed by atoms with Crippen LogP contribution in [0.1, 0.15) is 12.8 Å². The fraction of sp³-hybridized carbons (Fsp3) is 0.750. The fourth-order valence-electron chi connectivity index (χ4n) is 2.70. The lowest BCUT2D eigenvalue weighted by Gasteiger charge is -2.50. The van der Waals surface area contributed by atoms with E-state index in [2.05, 4.69) is 0 Å². The van der Waals surface area contributed by atoms with Gasteiger partial charge in [0.25, 0.3) is 11.8 Å². The molecule has 2 heterocycles. The Morgan fingerprint density at radius 2 is 2.00 bits per heavy atom. The Morgan fingerprint density at radius 1 is 1.31 bits per heavy atom. The van der Waals surface area contributed by atoms with Crippen molar-refractivity contribution in [2.45, 2.75) is 22.6 Å². The van der Waals surface area contributed by atoms with Crippen molar-refractivity contribution >= 4 is 35.0 Å². The predicted molar refractivity (Wildman–Crippen MR) is 46.6 cm³/mol. The molecule has 1 aliphatic carbocycles. The summed E-state index contributed by atoms with van der Waals surface area (Å²) in [7, 11) is 0. The number of hydrogen-bond donors (Lipinski definition) is 0. The summed E-state index contributed by atoms with van der Waals surface area (Å²) >= 11 is 12.2. The Hall–Kier alpha value is -0.280. The maximum atomic E-state index is 11.7. The summed E-state index contributed by atoms with van der Waals surface area (Å²) in [5.41, 5.74) is 0. The first-order chi connectivity index (χ1) is 6.02. The molecule has 2 bridgehead atoms. The van der Waals surface area contributed by atoms with Crippen molar-refractivity contribution in [3.8, 4) is 0 Å². The van der Waals surface area contributed by atoms with Gasteiger partial charge in [-0.2, -0.15) is 0 Å². The van der Waals surface area contributed by atoms with E-state index >= 15 is 0 Å². The molecule has 2 saturated heterocycles. The second-order valence-corrected chi connectivity index (χ2v) is 5.21. The lowest BCUT2D eigenvalue weighted by Crippen LogP contribution is -2.65. The van der Waals surface area contributed by atoms with Crippen molar-refractivity contribution in [2.75, 3.05) is 6.54 Å². The summed E-state index contributed by atoms with van der Waals surface area (Å²) in [6.45, 7) is 0.491. The number of carbonyl (C=O) groups is 2. The summed E-state index contributed by atoms with van der Waals surface area (Å²) in [5, 5.41) is 0. The van der Waals surface area contributed by atoms with Crippen LogP contribution in [0.5, 0.6) is 0 Å². The van der Waals surface area contributed by atoms with Gasteiger partial charge in [0.2, 0.25) is 0 Å². The van der Waals surface area contributed by atoms with E-state index in [-0.39, 0.29) is 17.7 Å². The van der Waals surface area contributed by atoms with Crippen LogP contribution in [0.4, 0.5) is 0 Å². The van der Waals surface area contributed by atoms with Crippen LogP contribution in [0.25, 0.3) is 0 Å². The molecule has 3 nitrogen and oxygen atoms in total. The predicted octanol–water partition coefficient (Wildman–Crippen LogP) is 0.734. The molecule has 2 aliphatic heterocycles. The number of hydrogen-bond acceptors (Lipinski definition) is 2. The largest absolute Gasteiger partial charge is 0.279 e. The molecule has 0 aromatic carbocycles. The Labute approximate surface area is 85.0 Å². The third-order valence-electron chi connectivity index (χ3n) is 3.51. The van der Waals surface area contributed by atoms with Crippen LogP contribution in [-0.2, 0) is 9.59 Å². The first-order valence-electron chi connectivity index (χ1n) is 4.26. The Balaban J connectivity index is 2.23. The van der Waals surface area contributed by atoms with Crippen molar-refractivity contribution in [1.29, 1.82) is 0 Å². The highest BCUT2D eigenvalue weighted by molar-refractivity contribution is 6.54. The minimum atomic E-state index is -1.12. The summed E-state index contributed by atoms with van der Waals surface area (Å²) < 4.78 is 0. The third kappa shape index (κ3) is 0.554. The van der Waals surface area contributed by atoms with Gasteiger partial charge in [0.05, 0.1) is 0 Å². The molecule has 3 aliphatic rings. The molecule has 0 spiro atoms. The molecule has 0 aromatic rings. The average Bonchev–Trinajstić information content (AvgIpc) is 2.25. The summed E-state index contributed by atoms with van der Waals surface area (Å²) in [4.78, 5) is 22.3. The van der Waals surface area contributed by atoms with Gasteiger partial charge in [-0.3, -0.25) is 14.5 Å². The topological polar surface area (TPSA) is 37.4 Å². The zero-order chi connectivity index (χ0) is 9.43. The molecule has 70 valence electrons. The van der Waals surface area contributed by atoms with Crippen LogP contribution >= 0.6 is 23.2 Å². The van der Waals surface area contributed by atoms with Crippen molar-refractivity contribution in [1.82, 2.24) is 4.90 Å². The van der Waals surface area contributed by atoms with E-state index in [9.17, 15) is 9.59 Å². The first kappa shape index (κ1) is 8.06. The summed E-state index contributed by atoms with van der Waals surface area (Å²) in [6.07, 6.45) is 1.36. The van der Waals surface area contributed by atoms with E-state index in [0.29, 0.717) is 13.0 Å². The molecule has 0 aromatic heterocycles. The van der Waals surface area contributed by atoms with E-state index < -0.39 is 9.75 Å². The third-order valence-corrected chi connectivity index (χ3v) is 5.01. The normalized spacial score (nSPS) is 52.5. The van der Waals surface area contributed by atoms with Gasteiger partial charge >= 0.3 is 0 Å². The molecule has 2 unspecified atom stereocenters. The Bertz CT molecular complexity index is 337. The zero-order valence-corrected chi connectivity index (χ0v) is 8.23. The van der Waals surface area contributed by atoms with Crippen molar-refractivity contribution in [3.05, 3.63) is 0 Å². The molecule has 3 rings (SSSR count). The van der Waals surface area contributed by atoms with Crippen LogP contribution in [-0.4, -0.2) is 33.0 Å². The molecule has 3 atom stereocenters. The van der Waals surface area contributed by atoms with E-state index in [1.807, 2.05) is 0 Å². The molecule has 0 radical (unpaired) electrons. The SMILES string of the molecule is O=C1N2CC[C@H]3CC1(Cl)C3(Cl)C2=O. The van der Waals surface area contributed by atoms with Crippen LogP contribution < -0.4 is 0 Å². The number of piperidine rings is 1. The minimum Gasteiger partial charge on any atom is -0.279 e. The lowest BCUT2D eigenvalue weighted by molar-refractivity contribution is -0.140. The van der Waals surface area contributed by atoms with E-state index in [1.165, 1.54) is 4.90 Å². The highest BCUT2D eigenvalue weighted by Gasteiger charge is 2.80. The smallest absolute Gasteiger partial charge is 0.253 e. The first-order valence-corrected chi connectivity index (χ1v) is 5.01. The standard InChI is InChI=1S/C8H7Cl2NO2/c9-7-3-4-1-2-11(5(7)12)6(13)8(4,7)10/h4H,1-3H2/t4-,7?,8?/m0/s1. The van der Waals surface area contributed by atoms with Crippen LogP contribution in [0.15, 0.2) is 0 Å². The van der Waals surface area contributed by atoms with Gasteiger partial charge in [-0.1, -0.05) is 0 Å². The number of fused-ring (bicyclic) bond motifs is 1. The Kier molecular flexibility index (Phi) is 1.17. The molecule has 0 N–H and O–H groups in total. The van der Waals surface area contributed by atoms with Gasteiger partial charge in [-0.15, -0.1) is 23.2 Å². The molecule has 5 heteroatoms. The number of nitrogens with zero attached hydrogens (tertiary/aromatic N) is 1. The van der Waals surface area contributed by atoms with E-state index in [1.54, 1.807) is 0 Å². The molecular formula is C8H7Cl2NO2. The zero-order valence-electron chi connectivity index (χ0n) is 6.72. The number of halogens is 2. The van der Waals surface area contributed by atoms with Gasteiger partial charge < -0.3 is 0 Å². The van der Waals surface area contributed by atoms with E-state index in [4.69, 9.17) is 23.2 Å². The monoisotopic (exact) mass is 219 g/mol. The second kappa shape index (κ2) is 1.89. The van der Waals surface area contributed by atoms with Crippen LogP contribution in [0.3, 0.4) is 0 Å². The molecule has 3 fully saturated rings. The highest BCUT2D eigenvalue weighted by Crippen LogP contribution is 2.64. The molecule has 2 amide bonds. The second-order valence-electron chi connectivity index (χ2n) is 3.96. The number of alkyl halides is 2. The van der Waals surface area contributed by atoms with Gasteiger partial charge in [-0.25, -0.2) is 0 Å². The maximum absolute atomic E-state index is 11.7. The Morgan fingerprint density at radius 3 is 2.62 bits per heavy atom. The molecule has 1 saturated carbocycles. The van der Waals surface area contributed by atoms with E-state index in [0.717, 1.165) is 6.42 Å². The number of rotatable bonds is 0. The fourth-order valence-corrected chi connectivity index (χ4v) is 3.67. The summed E-state index contributed by atoms with van der Waals surface area (Å²) in [5.74, 6) is -0.471. The highest BCUT2D eigenvalue weighted by atomic mass is 35.5. The van der Waals surface area contributed by atoms with Gasteiger partial charge in [0.15, 0.2) is 9.75 Å². The van der Waals surface area contributed by atoms with Crippen LogP contribution in [0.2, 0.25) is 0 Å². The molecular weight excluding hydrogens is 213 g/mol.